The predicted molar refractivity (Wildman–Crippen MR) is 88.7 cm³/mol. The van der Waals surface area contributed by atoms with Gasteiger partial charge < -0.3 is 4.98 Å². The van der Waals surface area contributed by atoms with Crippen LogP contribution in [0.3, 0.4) is 0 Å². The largest absolute Gasteiger partial charge is 0.341 e. The van der Waals surface area contributed by atoms with E-state index in [-0.39, 0.29) is 11.1 Å². The number of hydrogen-bond donors (Lipinski definition) is 1. The summed E-state index contributed by atoms with van der Waals surface area (Å²) in [5.74, 6) is 0.713. The quantitative estimate of drug-likeness (QED) is 0.789. The van der Waals surface area contributed by atoms with Crippen molar-refractivity contribution >= 4 is 32.4 Å². The fourth-order valence-corrected chi connectivity index (χ4v) is 5.51. The van der Waals surface area contributed by atoms with Crippen LogP contribution >= 0.6 is 11.3 Å². The lowest BCUT2D eigenvalue weighted by Gasteiger charge is -2.32. The Morgan fingerprint density at radius 2 is 2.13 bits per heavy atom. The highest BCUT2D eigenvalue weighted by Crippen LogP contribution is 2.34. The van der Waals surface area contributed by atoms with E-state index in [2.05, 4.69) is 15.0 Å². The average Bonchev–Trinajstić information content (AvgIpc) is 3.24. The molecule has 1 aromatic carbocycles. The van der Waals surface area contributed by atoms with Gasteiger partial charge in [0, 0.05) is 11.9 Å². The SMILES string of the molecule is O=S(=O)(c1cscn1)N1CCCCC1c1nc2ccccc2[nH]1. The molecule has 4 rings (SSSR count). The number of nitrogens with zero attached hydrogens (tertiary/aromatic N) is 3. The summed E-state index contributed by atoms with van der Waals surface area (Å²) in [6.45, 7) is 0.502. The normalized spacial score (nSPS) is 20.1. The second-order valence-electron chi connectivity index (χ2n) is 5.59. The third kappa shape index (κ3) is 2.56. The maximum Gasteiger partial charge on any atom is 0.262 e. The molecule has 8 heteroatoms. The van der Waals surface area contributed by atoms with Crippen molar-refractivity contribution in [2.75, 3.05) is 6.54 Å². The number of fused-ring (bicyclic) bond motifs is 1. The Balaban J connectivity index is 1.76. The summed E-state index contributed by atoms with van der Waals surface area (Å²) in [4.78, 5) is 11.9. The number of H-pyrrole nitrogens is 1. The molecule has 0 aliphatic carbocycles. The highest BCUT2D eigenvalue weighted by atomic mass is 32.2. The molecule has 1 fully saturated rings. The van der Waals surface area contributed by atoms with Gasteiger partial charge in [0.15, 0.2) is 5.03 Å². The predicted octanol–water partition coefficient (Wildman–Crippen LogP) is 2.94. The van der Waals surface area contributed by atoms with Gasteiger partial charge in [0.25, 0.3) is 10.0 Å². The minimum absolute atomic E-state index is 0.130. The topological polar surface area (TPSA) is 79.0 Å². The zero-order chi connectivity index (χ0) is 15.9. The molecule has 1 unspecified atom stereocenters. The molecule has 3 aromatic rings. The van der Waals surface area contributed by atoms with Crippen molar-refractivity contribution < 1.29 is 8.42 Å². The number of para-hydroxylation sites is 2. The van der Waals surface area contributed by atoms with Gasteiger partial charge in [-0.2, -0.15) is 4.31 Å². The molecular weight excluding hydrogens is 332 g/mol. The Labute approximate surface area is 138 Å². The first kappa shape index (κ1) is 14.8. The van der Waals surface area contributed by atoms with E-state index in [0.717, 1.165) is 30.3 Å². The van der Waals surface area contributed by atoms with Gasteiger partial charge in [-0.25, -0.2) is 18.4 Å². The van der Waals surface area contributed by atoms with Crippen LogP contribution in [0.5, 0.6) is 0 Å². The summed E-state index contributed by atoms with van der Waals surface area (Å²) in [6, 6.07) is 7.49. The minimum Gasteiger partial charge on any atom is -0.341 e. The molecule has 0 spiro atoms. The fraction of sp³-hybridized carbons (Fsp3) is 0.333. The molecule has 1 aliphatic rings. The first-order chi connectivity index (χ1) is 11.2. The Morgan fingerprint density at radius 3 is 2.91 bits per heavy atom. The smallest absolute Gasteiger partial charge is 0.262 e. The number of hydrogen-bond acceptors (Lipinski definition) is 5. The molecule has 6 nitrogen and oxygen atoms in total. The zero-order valence-corrected chi connectivity index (χ0v) is 14.0. The van der Waals surface area contributed by atoms with E-state index in [1.54, 1.807) is 15.2 Å². The van der Waals surface area contributed by atoms with Gasteiger partial charge in [0.05, 0.1) is 22.6 Å². The summed E-state index contributed by atoms with van der Waals surface area (Å²) >= 11 is 1.29. The first-order valence-electron chi connectivity index (χ1n) is 7.51. The highest BCUT2D eigenvalue weighted by Gasteiger charge is 2.36. The van der Waals surface area contributed by atoms with Crippen LogP contribution in [0.2, 0.25) is 0 Å². The molecule has 23 heavy (non-hydrogen) atoms. The van der Waals surface area contributed by atoms with Crippen molar-refractivity contribution in [1.29, 1.82) is 0 Å². The van der Waals surface area contributed by atoms with Gasteiger partial charge in [-0.15, -0.1) is 11.3 Å². The van der Waals surface area contributed by atoms with Crippen LogP contribution in [0.4, 0.5) is 0 Å². The molecule has 1 aliphatic heterocycles. The van der Waals surface area contributed by atoms with Gasteiger partial charge in [0.2, 0.25) is 0 Å². The number of nitrogens with one attached hydrogen (secondary N) is 1. The molecule has 120 valence electrons. The average molecular weight is 348 g/mol. The van der Waals surface area contributed by atoms with Crippen molar-refractivity contribution in [3.8, 4) is 0 Å². The van der Waals surface area contributed by atoms with Crippen LogP contribution in [0.1, 0.15) is 31.1 Å². The number of thiazole rings is 1. The second kappa shape index (κ2) is 5.70. The zero-order valence-electron chi connectivity index (χ0n) is 12.3. The van der Waals surface area contributed by atoms with Crippen molar-refractivity contribution in [2.45, 2.75) is 30.3 Å². The molecule has 2 aromatic heterocycles. The van der Waals surface area contributed by atoms with Crippen molar-refractivity contribution in [2.24, 2.45) is 0 Å². The monoisotopic (exact) mass is 348 g/mol. The summed E-state index contributed by atoms with van der Waals surface area (Å²) < 4.78 is 27.3. The van der Waals surface area contributed by atoms with Crippen LogP contribution in [-0.4, -0.2) is 34.2 Å². The lowest BCUT2D eigenvalue weighted by molar-refractivity contribution is 0.247. The third-order valence-corrected chi connectivity index (χ3v) is 6.70. The number of rotatable bonds is 3. The Kier molecular flexibility index (Phi) is 3.67. The number of aromatic nitrogens is 3. The molecule has 1 saturated heterocycles. The van der Waals surface area contributed by atoms with Crippen LogP contribution in [0, 0.1) is 0 Å². The second-order valence-corrected chi connectivity index (χ2v) is 8.15. The molecular formula is C15H16N4O2S2. The first-order valence-corrected chi connectivity index (χ1v) is 9.89. The number of piperidine rings is 1. The lowest BCUT2D eigenvalue weighted by atomic mass is 10.0. The molecule has 0 amide bonds. The van der Waals surface area contributed by atoms with Gasteiger partial charge in [0.1, 0.15) is 5.82 Å². The molecule has 3 heterocycles. The minimum atomic E-state index is -3.58. The van der Waals surface area contributed by atoms with E-state index in [9.17, 15) is 8.42 Å². The summed E-state index contributed by atoms with van der Waals surface area (Å²) in [7, 11) is -3.58. The van der Waals surface area contributed by atoms with Crippen molar-refractivity contribution in [1.82, 2.24) is 19.3 Å². The number of benzene rings is 1. The molecule has 0 saturated carbocycles. The third-order valence-electron chi connectivity index (χ3n) is 4.16. The van der Waals surface area contributed by atoms with Crippen LogP contribution in [-0.2, 0) is 10.0 Å². The maximum atomic E-state index is 12.9. The van der Waals surface area contributed by atoms with E-state index in [1.807, 2.05) is 24.3 Å². The maximum absolute atomic E-state index is 12.9. The van der Waals surface area contributed by atoms with Gasteiger partial charge in [-0.1, -0.05) is 18.6 Å². The lowest BCUT2D eigenvalue weighted by Crippen LogP contribution is -2.39. The van der Waals surface area contributed by atoms with E-state index in [4.69, 9.17) is 0 Å². The summed E-state index contributed by atoms with van der Waals surface area (Å²) in [5, 5.41) is 1.71. The van der Waals surface area contributed by atoms with E-state index in [1.165, 1.54) is 11.3 Å². The van der Waals surface area contributed by atoms with E-state index < -0.39 is 10.0 Å². The van der Waals surface area contributed by atoms with E-state index in [0.29, 0.717) is 12.4 Å². The fourth-order valence-electron chi connectivity index (χ4n) is 3.05. The summed E-state index contributed by atoms with van der Waals surface area (Å²) in [5.41, 5.74) is 3.34. The Bertz CT molecular complexity index is 885. The number of sulfonamides is 1. The number of aromatic amines is 1. The summed E-state index contributed by atoms with van der Waals surface area (Å²) in [6.07, 6.45) is 2.62. The Hall–Kier alpha value is -1.77. The van der Waals surface area contributed by atoms with E-state index >= 15 is 0 Å². The van der Waals surface area contributed by atoms with Gasteiger partial charge in [-0.05, 0) is 25.0 Å². The molecule has 1 atom stereocenters. The van der Waals surface area contributed by atoms with Crippen LogP contribution in [0.15, 0.2) is 40.2 Å². The molecule has 0 bridgehead atoms. The van der Waals surface area contributed by atoms with Crippen molar-refractivity contribution in [3.05, 3.63) is 41.0 Å². The standard InChI is InChI=1S/C15H16N4O2S2/c20-23(21,14-9-22-10-16-14)19-8-4-3-7-13(19)15-17-11-5-1-2-6-12(11)18-15/h1-2,5-6,9-10,13H,3-4,7-8H2,(H,17,18). The van der Waals surface area contributed by atoms with Crippen LogP contribution in [0.25, 0.3) is 11.0 Å². The van der Waals surface area contributed by atoms with Gasteiger partial charge >= 0.3 is 0 Å². The van der Waals surface area contributed by atoms with Gasteiger partial charge in [-0.3, -0.25) is 0 Å². The molecule has 1 N–H and O–H groups in total. The number of imidazole rings is 1. The van der Waals surface area contributed by atoms with Crippen LogP contribution < -0.4 is 0 Å². The molecule has 0 radical (unpaired) electrons. The highest BCUT2D eigenvalue weighted by molar-refractivity contribution is 7.89. The van der Waals surface area contributed by atoms with Crippen molar-refractivity contribution in [3.63, 3.8) is 0 Å². The Morgan fingerprint density at radius 1 is 1.26 bits per heavy atom.